The van der Waals surface area contributed by atoms with Gasteiger partial charge in [-0.1, -0.05) is 29.8 Å². The van der Waals surface area contributed by atoms with E-state index in [4.69, 9.17) is 16.3 Å². The molecule has 0 aliphatic rings. The number of anilines is 1. The molecule has 0 radical (unpaired) electrons. The van der Waals surface area contributed by atoms with Crippen LogP contribution in [-0.4, -0.2) is 24.2 Å². The molecule has 0 aliphatic heterocycles. The molecule has 0 aliphatic carbocycles. The number of ether oxygens (including phenoxy) is 1. The number of esters is 1. The van der Waals surface area contributed by atoms with Crippen LogP contribution in [0.25, 0.3) is 0 Å². The van der Waals surface area contributed by atoms with Crippen LogP contribution < -0.4 is 5.32 Å². The first kappa shape index (κ1) is 19.1. The van der Waals surface area contributed by atoms with Gasteiger partial charge in [0.15, 0.2) is 0 Å². The third kappa shape index (κ3) is 5.11. The maximum absolute atomic E-state index is 12.6. The number of rotatable bonds is 7. The van der Waals surface area contributed by atoms with Crippen LogP contribution in [0.4, 0.5) is 5.69 Å². The first-order valence-corrected chi connectivity index (χ1v) is 9.04. The van der Waals surface area contributed by atoms with Crippen molar-refractivity contribution in [1.82, 2.24) is 0 Å². The highest BCUT2D eigenvalue weighted by atomic mass is 35.5. The third-order valence-electron chi connectivity index (χ3n) is 3.21. The van der Waals surface area contributed by atoms with Crippen LogP contribution in [0.1, 0.15) is 27.6 Å². The van der Waals surface area contributed by atoms with Gasteiger partial charge in [0.25, 0.3) is 5.91 Å². The fourth-order valence-corrected chi connectivity index (χ4v) is 3.08. The maximum Gasteiger partial charge on any atom is 0.339 e. The minimum atomic E-state index is -0.523. The van der Waals surface area contributed by atoms with E-state index in [1.54, 1.807) is 37.3 Å². The second kappa shape index (κ2) is 9.30. The number of nitrogens with one attached hydrogen (secondary N) is 1. The van der Waals surface area contributed by atoms with Crippen LogP contribution in [0.15, 0.2) is 60.0 Å². The van der Waals surface area contributed by atoms with Gasteiger partial charge in [0.1, 0.15) is 0 Å². The van der Waals surface area contributed by atoms with E-state index in [-0.39, 0.29) is 23.1 Å². The van der Waals surface area contributed by atoms with Gasteiger partial charge in [0.05, 0.1) is 22.8 Å². The lowest BCUT2D eigenvalue weighted by Gasteiger charge is -2.11. The summed E-state index contributed by atoms with van der Waals surface area (Å²) in [7, 11) is 0. The summed E-state index contributed by atoms with van der Waals surface area (Å²) in [5.41, 5.74) is 1.25. The molecule has 6 heteroatoms. The fourth-order valence-electron chi connectivity index (χ4n) is 2.10. The number of benzene rings is 2. The summed E-state index contributed by atoms with van der Waals surface area (Å²) >= 11 is 7.57. The molecule has 130 valence electrons. The summed E-state index contributed by atoms with van der Waals surface area (Å²) in [6.45, 7) is 5.66. The van der Waals surface area contributed by atoms with Crippen LogP contribution in [0.3, 0.4) is 0 Å². The van der Waals surface area contributed by atoms with Crippen LogP contribution in [0.2, 0.25) is 5.02 Å². The van der Waals surface area contributed by atoms with Crippen LogP contribution in [0, 0.1) is 0 Å². The summed E-state index contributed by atoms with van der Waals surface area (Å²) in [4.78, 5) is 25.4. The molecule has 0 bridgehead atoms. The summed E-state index contributed by atoms with van der Waals surface area (Å²) in [6, 6.07) is 12.0. The van der Waals surface area contributed by atoms with Crippen LogP contribution >= 0.6 is 23.4 Å². The second-order valence-electron chi connectivity index (χ2n) is 4.97. The molecule has 0 saturated carbocycles. The summed E-state index contributed by atoms with van der Waals surface area (Å²) in [5.74, 6) is -0.0760. The van der Waals surface area contributed by atoms with Gasteiger partial charge in [0.2, 0.25) is 0 Å². The molecule has 1 N–H and O–H groups in total. The molecule has 0 aromatic heterocycles. The molecule has 2 aromatic rings. The highest BCUT2D eigenvalue weighted by Gasteiger charge is 2.15. The topological polar surface area (TPSA) is 55.4 Å². The molecule has 0 heterocycles. The Morgan fingerprint density at radius 2 is 2.00 bits per heavy atom. The minimum Gasteiger partial charge on any atom is -0.462 e. The SMILES string of the molecule is C=CCSc1ccccc1C(=O)Nc1ccc(Cl)c(C(=O)OCC)c1. The number of carbonyl (C=O) groups is 2. The molecule has 1 amide bonds. The van der Waals surface area contributed by atoms with E-state index in [1.165, 1.54) is 17.8 Å². The summed E-state index contributed by atoms with van der Waals surface area (Å²) in [5, 5.41) is 3.07. The van der Waals surface area contributed by atoms with Gasteiger partial charge in [-0.2, -0.15) is 0 Å². The zero-order valence-corrected chi connectivity index (χ0v) is 15.3. The lowest BCUT2D eigenvalue weighted by molar-refractivity contribution is 0.0526. The molecule has 0 saturated heterocycles. The Kier molecular flexibility index (Phi) is 7.10. The first-order valence-electron chi connectivity index (χ1n) is 7.67. The predicted molar refractivity (Wildman–Crippen MR) is 103 cm³/mol. The zero-order valence-electron chi connectivity index (χ0n) is 13.8. The van der Waals surface area contributed by atoms with Gasteiger partial charge in [-0.05, 0) is 37.3 Å². The highest BCUT2D eigenvalue weighted by molar-refractivity contribution is 7.99. The van der Waals surface area contributed by atoms with Crippen molar-refractivity contribution in [1.29, 1.82) is 0 Å². The van der Waals surface area contributed by atoms with E-state index in [9.17, 15) is 9.59 Å². The first-order chi connectivity index (χ1) is 12.1. The van der Waals surface area contributed by atoms with E-state index >= 15 is 0 Å². The molecule has 0 atom stereocenters. The third-order valence-corrected chi connectivity index (χ3v) is 4.61. The van der Waals surface area contributed by atoms with Crippen molar-refractivity contribution in [3.63, 3.8) is 0 Å². The molecular weight excluding hydrogens is 358 g/mol. The van der Waals surface area contributed by atoms with Gasteiger partial charge in [-0.3, -0.25) is 4.79 Å². The van der Waals surface area contributed by atoms with E-state index in [0.29, 0.717) is 17.0 Å². The van der Waals surface area contributed by atoms with Gasteiger partial charge in [-0.25, -0.2) is 4.79 Å². The zero-order chi connectivity index (χ0) is 18.2. The molecule has 4 nitrogen and oxygen atoms in total. The van der Waals surface area contributed by atoms with Gasteiger partial charge < -0.3 is 10.1 Å². The largest absolute Gasteiger partial charge is 0.462 e. The maximum atomic E-state index is 12.6. The van der Waals surface area contributed by atoms with E-state index in [0.717, 1.165) is 4.90 Å². The van der Waals surface area contributed by atoms with E-state index in [2.05, 4.69) is 11.9 Å². The Hall–Kier alpha value is -2.24. The number of hydrogen-bond acceptors (Lipinski definition) is 4. The molecule has 0 unspecified atom stereocenters. The smallest absolute Gasteiger partial charge is 0.339 e. The Morgan fingerprint density at radius 1 is 1.24 bits per heavy atom. The average molecular weight is 376 g/mol. The van der Waals surface area contributed by atoms with Crippen molar-refractivity contribution in [3.05, 3.63) is 71.3 Å². The van der Waals surface area contributed by atoms with E-state index in [1.807, 2.05) is 12.1 Å². The van der Waals surface area contributed by atoms with Gasteiger partial charge >= 0.3 is 5.97 Å². The van der Waals surface area contributed by atoms with Crippen molar-refractivity contribution in [2.45, 2.75) is 11.8 Å². The molecule has 25 heavy (non-hydrogen) atoms. The molecular formula is C19H18ClNO3S. The Labute approximate surface area is 156 Å². The number of hydrogen-bond donors (Lipinski definition) is 1. The van der Waals surface area contributed by atoms with Gasteiger partial charge in [0, 0.05) is 16.3 Å². The second-order valence-corrected chi connectivity index (χ2v) is 6.43. The minimum absolute atomic E-state index is 0.218. The normalized spacial score (nSPS) is 10.2. The van der Waals surface area contributed by atoms with Crippen LogP contribution in [0.5, 0.6) is 0 Å². The molecule has 2 rings (SSSR count). The summed E-state index contributed by atoms with van der Waals surface area (Å²) in [6.07, 6.45) is 1.78. The summed E-state index contributed by atoms with van der Waals surface area (Å²) < 4.78 is 4.97. The highest BCUT2D eigenvalue weighted by Crippen LogP contribution is 2.25. The van der Waals surface area contributed by atoms with Gasteiger partial charge in [-0.15, -0.1) is 18.3 Å². The van der Waals surface area contributed by atoms with Crippen LogP contribution in [-0.2, 0) is 4.74 Å². The molecule has 0 fully saturated rings. The fraction of sp³-hybridized carbons (Fsp3) is 0.158. The molecule has 0 spiro atoms. The Balaban J connectivity index is 2.22. The van der Waals surface area contributed by atoms with Crippen molar-refractivity contribution < 1.29 is 14.3 Å². The standard InChI is InChI=1S/C19H18ClNO3S/c1-3-11-25-17-8-6-5-7-14(17)18(22)21-13-9-10-16(20)15(12-13)19(23)24-4-2/h3,5-10,12H,1,4,11H2,2H3,(H,21,22). The monoisotopic (exact) mass is 375 g/mol. The number of amides is 1. The number of carbonyl (C=O) groups excluding carboxylic acids is 2. The van der Waals surface area contributed by atoms with Crippen molar-refractivity contribution in [3.8, 4) is 0 Å². The number of halogens is 1. The Morgan fingerprint density at radius 3 is 2.72 bits per heavy atom. The molecule has 2 aromatic carbocycles. The average Bonchev–Trinajstić information content (AvgIpc) is 2.62. The lowest BCUT2D eigenvalue weighted by Crippen LogP contribution is -2.14. The van der Waals surface area contributed by atoms with E-state index < -0.39 is 5.97 Å². The quantitative estimate of drug-likeness (QED) is 0.418. The number of thioether (sulfide) groups is 1. The van der Waals surface area contributed by atoms with Crippen molar-refractivity contribution >= 4 is 40.9 Å². The van der Waals surface area contributed by atoms with Crippen molar-refractivity contribution in [2.24, 2.45) is 0 Å². The van der Waals surface area contributed by atoms with Crippen molar-refractivity contribution in [2.75, 3.05) is 17.7 Å². The Bertz CT molecular complexity index is 792. The predicted octanol–water partition coefficient (Wildman–Crippen LogP) is 5.05. The lowest BCUT2D eigenvalue weighted by atomic mass is 10.1.